The van der Waals surface area contributed by atoms with E-state index in [1.807, 2.05) is 0 Å². The first-order valence-electron chi connectivity index (χ1n) is 11.4. The van der Waals surface area contributed by atoms with Crippen LogP contribution in [0.1, 0.15) is 121 Å². The van der Waals surface area contributed by atoms with E-state index in [0.717, 1.165) is 57.8 Å². The van der Waals surface area contributed by atoms with Gasteiger partial charge in [-0.2, -0.15) is 0 Å². The molecule has 0 unspecified atom stereocenters. The van der Waals surface area contributed by atoms with Gasteiger partial charge in [0.25, 0.3) is 0 Å². The number of unbranched alkanes of at least 4 members (excludes halogenated alkanes) is 5. The van der Waals surface area contributed by atoms with Crippen molar-refractivity contribution in [2.75, 3.05) is 0 Å². The third-order valence-electron chi connectivity index (χ3n) is 5.46. The molecule has 0 spiro atoms. The fraction of sp³-hybridized carbons (Fsp3) is 0.750. The molecule has 0 aliphatic heterocycles. The standard InChI is InChI=1S/C24H40O4/c1-5-9-13-17-21(25)18(14-10-6-2)23-19(15-11-7-3)22(26)20(16-12-8-4)24(27)28-23/h18,26H,5-17H2,1-4H3/t18-/m1/s1. The highest BCUT2D eigenvalue weighted by Crippen LogP contribution is 2.34. The Hall–Kier alpha value is -1.58. The summed E-state index contributed by atoms with van der Waals surface area (Å²) in [4.78, 5) is 25.6. The van der Waals surface area contributed by atoms with Gasteiger partial charge in [-0.25, -0.2) is 4.79 Å². The Morgan fingerprint density at radius 3 is 2.00 bits per heavy atom. The molecule has 0 aromatic carbocycles. The van der Waals surface area contributed by atoms with Gasteiger partial charge in [-0.15, -0.1) is 0 Å². The predicted octanol–water partition coefficient (Wildman–Crippen LogP) is 6.45. The van der Waals surface area contributed by atoms with Gasteiger partial charge in [0.2, 0.25) is 0 Å². The van der Waals surface area contributed by atoms with Gasteiger partial charge in [-0.3, -0.25) is 4.79 Å². The summed E-state index contributed by atoms with van der Waals surface area (Å²) < 4.78 is 5.76. The molecular formula is C24H40O4. The first-order chi connectivity index (χ1) is 13.5. The van der Waals surface area contributed by atoms with E-state index in [9.17, 15) is 14.7 Å². The second kappa shape index (κ2) is 13.6. The third-order valence-corrected chi connectivity index (χ3v) is 5.46. The Bertz CT molecular complexity index is 645. The molecule has 0 fully saturated rings. The minimum atomic E-state index is -0.468. The largest absolute Gasteiger partial charge is 0.507 e. The van der Waals surface area contributed by atoms with Crippen molar-refractivity contribution < 1.29 is 14.3 Å². The van der Waals surface area contributed by atoms with Gasteiger partial charge in [0.1, 0.15) is 17.3 Å². The molecule has 0 saturated carbocycles. The summed E-state index contributed by atoms with van der Waals surface area (Å²) in [6, 6.07) is 0. The number of Topliss-reactive ketones (excluding diaryl/α,β-unsaturated/α-hetero) is 1. The molecule has 1 atom stereocenters. The van der Waals surface area contributed by atoms with Crippen LogP contribution in [-0.2, 0) is 17.6 Å². The van der Waals surface area contributed by atoms with Crippen molar-refractivity contribution in [2.24, 2.45) is 0 Å². The van der Waals surface area contributed by atoms with Gasteiger partial charge >= 0.3 is 5.63 Å². The number of hydrogen-bond acceptors (Lipinski definition) is 4. The normalized spacial score (nSPS) is 12.3. The number of carbonyl (C=O) groups excluding carboxylic acids is 1. The van der Waals surface area contributed by atoms with Gasteiger partial charge in [0.05, 0.1) is 11.5 Å². The average molecular weight is 393 g/mol. The lowest BCUT2D eigenvalue weighted by atomic mass is 9.87. The number of hydrogen-bond donors (Lipinski definition) is 1. The van der Waals surface area contributed by atoms with Crippen LogP contribution >= 0.6 is 0 Å². The van der Waals surface area contributed by atoms with E-state index in [1.54, 1.807) is 0 Å². The van der Waals surface area contributed by atoms with Crippen LogP contribution in [-0.4, -0.2) is 10.9 Å². The number of ketones is 1. The number of carbonyl (C=O) groups is 1. The molecule has 0 radical (unpaired) electrons. The highest BCUT2D eigenvalue weighted by atomic mass is 16.4. The molecule has 1 N–H and O–H groups in total. The summed E-state index contributed by atoms with van der Waals surface area (Å²) in [6.07, 6.45) is 10.9. The van der Waals surface area contributed by atoms with Crippen LogP contribution < -0.4 is 5.63 Å². The number of rotatable bonds is 15. The van der Waals surface area contributed by atoms with Gasteiger partial charge in [0.15, 0.2) is 0 Å². The van der Waals surface area contributed by atoms with Crippen LogP contribution in [0.2, 0.25) is 0 Å². The van der Waals surface area contributed by atoms with Gasteiger partial charge in [-0.05, 0) is 38.5 Å². The Balaban J connectivity index is 3.35. The summed E-state index contributed by atoms with van der Waals surface area (Å²) in [5.74, 6) is 0.244. The maximum Gasteiger partial charge on any atom is 0.342 e. The lowest BCUT2D eigenvalue weighted by Crippen LogP contribution is -2.20. The van der Waals surface area contributed by atoms with Crippen LogP contribution in [0.5, 0.6) is 5.75 Å². The van der Waals surface area contributed by atoms with E-state index < -0.39 is 11.5 Å². The molecule has 0 bridgehead atoms. The predicted molar refractivity (Wildman–Crippen MR) is 115 cm³/mol. The molecule has 1 aromatic rings. The van der Waals surface area contributed by atoms with Crippen molar-refractivity contribution in [1.29, 1.82) is 0 Å². The minimum absolute atomic E-state index is 0.0796. The molecule has 1 heterocycles. The minimum Gasteiger partial charge on any atom is -0.507 e. The summed E-state index contributed by atoms with van der Waals surface area (Å²) in [5, 5.41) is 10.9. The molecule has 4 nitrogen and oxygen atoms in total. The Labute approximate surface area is 170 Å². The second-order valence-electron chi connectivity index (χ2n) is 7.88. The highest BCUT2D eigenvalue weighted by molar-refractivity contribution is 5.85. The molecular weight excluding hydrogens is 352 g/mol. The second-order valence-corrected chi connectivity index (χ2v) is 7.88. The molecule has 0 aliphatic carbocycles. The van der Waals surface area contributed by atoms with Gasteiger partial charge in [0, 0.05) is 12.0 Å². The Morgan fingerprint density at radius 2 is 1.43 bits per heavy atom. The van der Waals surface area contributed by atoms with Crippen molar-refractivity contribution in [2.45, 2.75) is 117 Å². The summed E-state index contributed by atoms with van der Waals surface area (Å²) >= 11 is 0. The monoisotopic (exact) mass is 392 g/mol. The lowest BCUT2D eigenvalue weighted by Gasteiger charge is -2.20. The third kappa shape index (κ3) is 7.10. The van der Waals surface area contributed by atoms with Crippen molar-refractivity contribution in [3.05, 3.63) is 27.3 Å². The van der Waals surface area contributed by atoms with E-state index in [-0.39, 0.29) is 11.5 Å². The van der Waals surface area contributed by atoms with E-state index in [4.69, 9.17) is 4.42 Å². The molecule has 0 saturated heterocycles. The first kappa shape index (κ1) is 24.5. The molecule has 0 aliphatic rings. The quantitative estimate of drug-likeness (QED) is 0.348. The fourth-order valence-corrected chi connectivity index (χ4v) is 3.64. The topological polar surface area (TPSA) is 67.5 Å². The van der Waals surface area contributed by atoms with E-state index in [1.165, 1.54) is 0 Å². The van der Waals surface area contributed by atoms with Crippen LogP contribution in [0.15, 0.2) is 9.21 Å². The van der Waals surface area contributed by atoms with Gasteiger partial charge < -0.3 is 9.52 Å². The summed E-state index contributed by atoms with van der Waals surface area (Å²) in [6.45, 7) is 8.37. The maximum absolute atomic E-state index is 13.0. The first-order valence-corrected chi connectivity index (χ1v) is 11.4. The SMILES string of the molecule is CCCCCC(=O)[C@@H](CCCC)c1oc(=O)c(CCCC)c(O)c1CCCC. The maximum atomic E-state index is 13.0. The number of aromatic hydroxyl groups is 1. The van der Waals surface area contributed by atoms with Crippen LogP contribution in [0, 0.1) is 0 Å². The fourth-order valence-electron chi connectivity index (χ4n) is 3.64. The highest BCUT2D eigenvalue weighted by Gasteiger charge is 2.29. The van der Waals surface area contributed by atoms with Gasteiger partial charge in [-0.1, -0.05) is 66.2 Å². The van der Waals surface area contributed by atoms with E-state index >= 15 is 0 Å². The zero-order valence-electron chi connectivity index (χ0n) is 18.4. The Morgan fingerprint density at radius 1 is 0.857 bits per heavy atom. The molecule has 28 heavy (non-hydrogen) atoms. The molecule has 1 rings (SSSR count). The zero-order chi connectivity index (χ0) is 20.9. The van der Waals surface area contributed by atoms with E-state index in [0.29, 0.717) is 42.6 Å². The molecule has 160 valence electrons. The zero-order valence-corrected chi connectivity index (χ0v) is 18.4. The van der Waals surface area contributed by atoms with Crippen LogP contribution in [0.3, 0.4) is 0 Å². The van der Waals surface area contributed by atoms with Crippen molar-refractivity contribution in [1.82, 2.24) is 0 Å². The van der Waals surface area contributed by atoms with Crippen molar-refractivity contribution in [3.63, 3.8) is 0 Å². The lowest BCUT2D eigenvalue weighted by molar-refractivity contribution is -0.121. The molecule has 1 aromatic heterocycles. The van der Waals surface area contributed by atoms with E-state index in [2.05, 4.69) is 27.7 Å². The molecule has 0 amide bonds. The average Bonchev–Trinajstić information content (AvgIpc) is 2.68. The van der Waals surface area contributed by atoms with Crippen LogP contribution in [0.4, 0.5) is 0 Å². The van der Waals surface area contributed by atoms with Crippen molar-refractivity contribution in [3.8, 4) is 5.75 Å². The summed E-state index contributed by atoms with van der Waals surface area (Å²) in [7, 11) is 0. The smallest absolute Gasteiger partial charge is 0.342 e. The van der Waals surface area contributed by atoms with Crippen molar-refractivity contribution >= 4 is 5.78 Å². The molecule has 4 heteroatoms. The van der Waals surface area contributed by atoms with Crippen LogP contribution in [0.25, 0.3) is 0 Å². The summed E-state index contributed by atoms with van der Waals surface area (Å²) in [5.41, 5.74) is 0.603. The Kier molecular flexibility index (Phi) is 11.9.